The molecule has 0 saturated carbocycles. The van der Waals surface area contributed by atoms with E-state index < -0.39 is 23.8 Å². The number of oxime groups is 1. The molecule has 0 radical (unpaired) electrons. The average molecular weight is 387 g/mol. The van der Waals surface area contributed by atoms with Gasteiger partial charge in [0.15, 0.2) is 5.13 Å². The van der Waals surface area contributed by atoms with Crippen molar-refractivity contribution in [1.29, 1.82) is 0 Å². The van der Waals surface area contributed by atoms with Gasteiger partial charge in [0, 0.05) is 5.38 Å². The minimum Gasteiger partial charge on any atom is -0.461 e. The van der Waals surface area contributed by atoms with Crippen LogP contribution < -0.4 is 5.32 Å². The van der Waals surface area contributed by atoms with Crippen molar-refractivity contribution in [1.82, 2.24) is 4.98 Å². The molecule has 0 aliphatic carbocycles. The zero-order chi connectivity index (χ0) is 19.7. The lowest BCUT2D eigenvalue weighted by Gasteiger charge is -2.18. The molecular formula is C15H21N3O7S. The lowest BCUT2D eigenvalue weighted by Crippen LogP contribution is -2.27. The number of carbonyl (C=O) groups is 3. The van der Waals surface area contributed by atoms with Gasteiger partial charge in [-0.3, -0.25) is 10.2 Å². The number of thiazole rings is 1. The molecule has 1 aromatic heterocycles. The Morgan fingerprint density at radius 3 is 2.42 bits per heavy atom. The number of hydrogen-bond acceptors (Lipinski definition) is 10. The molecule has 0 saturated heterocycles. The maximum Gasteiger partial charge on any atom is 0.535 e. The lowest BCUT2D eigenvalue weighted by atomic mass is 10.2. The fourth-order valence-electron chi connectivity index (χ4n) is 1.45. The van der Waals surface area contributed by atoms with Crippen LogP contribution >= 0.6 is 11.3 Å². The Bertz CT molecular complexity index is 679. The molecule has 0 unspecified atom stereocenters. The zero-order valence-corrected chi connectivity index (χ0v) is 16.0. The molecule has 0 aromatic carbocycles. The number of ether oxygens (including phenoxy) is 3. The largest absolute Gasteiger partial charge is 0.535 e. The van der Waals surface area contributed by atoms with Gasteiger partial charge in [-0.15, -0.1) is 11.3 Å². The molecule has 0 spiro atoms. The van der Waals surface area contributed by atoms with E-state index in [0.29, 0.717) is 0 Å². The molecule has 26 heavy (non-hydrogen) atoms. The number of nitrogens with one attached hydrogen (secondary N) is 1. The van der Waals surface area contributed by atoms with E-state index in [0.717, 1.165) is 11.3 Å². The third-order valence-electron chi connectivity index (χ3n) is 2.30. The van der Waals surface area contributed by atoms with Crippen LogP contribution in [0.4, 0.5) is 14.7 Å². The van der Waals surface area contributed by atoms with E-state index >= 15 is 0 Å². The van der Waals surface area contributed by atoms with E-state index in [-0.39, 0.29) is 29.8 Å². The summed E-state index contributed by atoms with van der Waals surface area (Å²) >= 11 is 1.03. The Morgan fingerprint density at radius 2 is 1.85 bits per heavy atom. The highest BCUT2D eigenvalue weighted by Gasteiger charge is 2.22. The van der Waals surface area contributed by atoms with Crippen molar-refractivity contribution < 1.29 is 33.4 Å². The van der Waals surface area contributed by atoms with E-state index in [1.165, 1.54) is 5.38 Å². The highest BCUT2D eigenvalue weighted by atomic mass is 32.1. The molecule has 0 fully saturated rings. The van der Waals surface area contributed by atoms with Gasteiger partial charge >= 0.3 is 18.2 Å². The Morgan fingerprint density at radius 1 is 1.19 bits per heavy atom. The normalized spacial score (nSPS) is 11.5. The summed E-state index contributed by atoms with van der Waals surface area (Å²) in [5.74, 6) is -0.842. The second-order valence-corrected chi connectivity index (χ2v) is 6.46. The SMILES string of the molecule is CCOC(=O)ON=C(C(=O)OCC)c1csc(NC(=O)OC(C)(C)C)n1. The summed E-state index contributed by atoms with van der Waals surface area (Å²) in [5, 5.41) is 7.50. The van der Waals surface area contributed by atoms with Crippen molar-refractivity contribution in [3.05, 3.63) is 11.1 Å². The topological polar surface area (TPSA) is 125 Å². The third kappa shape index (κ3) is 7.47. The first kappa shape index (κ1) is 21.4. The van der Waals surface area contributed by atoms with E-state index in [2.05, 4.69) is 25.0 Å². The van der Waals surface area contributed by atoms with Crippen molar-refractivity contribution in [3.63, 3.8) is 0 Å². The van der Waals surface area contributed by atoms with Crippen LogP contribution in [0, 0.1) is 0 Å². The quantitative estimate of drug-likeness (QED) is 0.260. The number of esters is 1. The highest BCUT2D eigenvalue weighted by molar-refractivity contribution is 7.14. The second kappa shape index (κ2) is 9.70. The Kier molecular flexibility index (Phi) is 7.97. The highest BCUT2D eigenvalue weighted by Crippen LogP contribution is 2.18. The van der Waals surface area contributed by atoms with Crippen molar-refractivity contribution >= 4 is 40.4 Å². The molecule has 0 aliphatic rings. The lowest BCUT2D eigenvalue weighted by molar-refractivity contribution is -0.135. The van der Waals surface area contributed by atoms with Gasteiger partial charge in [0.2, 0.25) is 5.71 Å². The maximum atomic E-state index is 12.0. The van der Waals surface area contributed by atoms with E-state index in [4.69, 9.17) is 9.47 Å². The smallest absolute Gasteiger partial charge is 0.461 e. The first-order valence-corrected chi connectivity index (χ1v) is 8.59. The third-order valence-corrected chi connectivity index (χ3v) is 3.05. The summed E-state index contributed by atoms with van der Waals surface area (Å²) < 4.78 is 14.5. The molecule has 144 valence electrons. The summed E-state index contributed by atoms with van der Waals surface area (Å²) in [6, 6.07) is 0. The molecule has 0 atom stereocenters. The molecule has 1 amide bonds. The van der Waals surface area contributed by atoms with Crippen LogP contribution in [0.15, 0.2) is 10.5 Å². The van der Waals surface area contributed by atoms with Crippen molar-refractivity contribution in [2.45, 2.75) is 40.2 Å². The number of carbonyl (C=O) groups excluding carboxylic acids is 3. The summed E-state index contributed by atoms with van der Waals surface area (Å²) in [5.41, 5.74) is -0.952. The van der Waals surface area contributed by atoms with Gasteiger partial charge in [-0.1, -0.05) is 5.16 Å². The van der Waals surface area contributed by atoms with Gasteiger partial charge in [-0.25, -0.2) is 19.4 Å². The van der Waals surface area contributed by atoms with Gasteiger partial charge < -0.3 is 14.2 Å². The second-order valence-electron chi connectivity index (χ2n) is 5.60. The first-order chi connectivity index (χ1) is 12.2. The number of hydrogen-bond donors (Lipinski definition) is 1. The van der Waals surface area contributed by atoms with Crippen molar-refractivity contribution in [2.24, 2.45) is 5.16 Å². The van der Waals surface area contributed by atoms with Gasteiger partial charge in [0.1, 0.15) is 11.3 Å². The summed E-state index contributed by atoms with van der Waals surface area (Å²) in [7, 11) is 0. The fraction of sp³-hybridized carbons (Fsp3) is 0.533. The van der Waals surface area contributed by atoms with Crippen molar-refractivity contribution in [3.8, 4) is 0 Å². The fourth-order valence-corrected chi connectivity index (χ4v) is 2.13. The molecule has 1 N–H and O–H groups in total. The molecule has 1 heterocycles. The van der Waals surface area contributed by atoms with Gasteiger partial charge in [0.05, 0.1) is 13.2 Å². The number of anilines is 1. The van der Waals surface area contributed by atoms with Crippen LogP contribution in [-0.2, 0) is 23.8 Å². The number of aromatic nitrogens is 1. The minimum atomic E-state index is -1.07. The summed E-state index contributed by atoms with van der Waals surface area (Å²) in [6.45, 7) is 8.53. The summed E-state index contributed by atoms with van der Waals surface area (Å²) in [4.78, 5) is 43.6. The predicted molar refractivity (Wildman–Crippen MR) is 93.2 cm³/mol. The maximum absolute atomic E-state index is 12.0. The molecule has 0 bridgehead atoms. The Balaban J connectivity index is 2.93. The van der Waals surface area contributed by atoms with Gasteiger partial charge in [-0.05, 0) is 34.6 Å². The summed E-state index contributed by atoms with van der Waals surface area (Å²) in [6.07, 6.45) is -1.77. The van der Waals surface area contributed by atoms with Gasteiger partial charge in [-0.2, -0.15) is 0 Å². The molecule has 0 aliphatic heterocycles. The first-order valence-electron chi connectivity index (χ1n) is 7.71. The van der Waals surface area contributed by atoms with Crippen molar-refractivity contribution in [2.75, 3.05) is 18.5 Å². The van der Waals surface area contributed by atoms with Crippen LogP contribution in [0.1, 0.15) is 40.3 Å². The monoisotopic (exact) mass is 387 g/mol. The van der Waals surface area contributed by atoms with E-state index in [1.54, 1.807) is 34.6 Å². The van der Waals surface area contributed by atoms with Crippen LogP contribution in [-0.4, -0.2) is 47.7 Å². The van der Waals surface area contributed by atoms with E-state index in [9.17, 15) is 14.4 Å². The number of rotatable bonds is 6. The van der Waals surface area contributed by atoms with Crippen LogP contribution in [0.3, 0.4) is 0 Å². The number of nitrogens with zero attached hydrogens (tertiary/aromatic N) is 2. The van der Waals surface area contributed by atoms with Crippen LogP contribution in [0.2, 0.25) is 0 Å². The zero-order valence-electron chi connectivity index (χ0n) is 15.2. The standard InChI is InChI=1S/C15H21N3O7S/c1-6-22-11(19)10(18-25-14(21)23-7-2)9-8-26-12(16-9)17-13(20)24-15(3,4)5/h8H,6-7H2,1-5H3,(H,16,17,20). The van der Waals surface area contributed by atoms with E-state index in [1.807, 2.05) is 0 Å². The Hall–Kier alpha value is -2.69. The average Bonchev–Trinajstić information content (AvgIpc) is 2.94. The number of amides is 1. The van der Waals surface area contributed by atoms with Gasteiger partial charge in [0.25, 0.3) is 0 Å². The Labute approximate surface area is 154 Å². The molecular weight excluding hydrogens is 366 g/mol. The molecule has 1 rings (SSSR count). The van der Waals surface area contributed by atoms with Crippen LogP contribution in [0.25, 0.3) is 0 Å². The minimum absolute atomic E-state index is 0.0591. The molecule has 10 nitrogen and oxygen atoms in total. The molecule has 11 heteroatoms. The van der Waals surface area contributed by atoms with Crippen LogP contribution in [0.5, 0.6) is 0 Å². The predicted octanol–water partition coefficient (Wildman–Crippen LogP) is 2.93. The molecule has 1 aromatic rings.